The third-order valence-corrected chi connectivity index (χ3v) is 4.13. The molecule has 0 spiro atoms. The zero-order valence-corrected chi connectivity index (χ0v) is 13.4. The first kappa shape index (κ1) is 16.3. The van der Waals surface area contributed by atoms with Crippen molar-refractivity contribution >= 4 is 11.9 Å². The van der Waals surface area contributed by atoms with E-state index in [1.807, 2.05) is 0 Å². The van der Waals surface area contributed by atoms with E-state index in [1.165, 1.54) is 19.2 Å². The molecule has 1 saturated heterocycles. The Morgan fingerprint density at radius 2 is 2.33 bits per heavy atom. The monoisotopic (exact) mass is 330 g/mol. The number of benzene rings is 1. The van der Waals surface area contributed by atoms with Crippen molar-refractivity contribution in [1.82, 2.24) is 14.9 Å². The molecule has 3 rings (SSSR count). The van der Waals surface area contributed by atoms with Crippen molar-refractivity contribution < 1.29 is 13.9 Å². The predicted molar refractivity (Wildman–Crippen MR) is 87.4 cm³/mol. The average Bonchev–Trinajstić information content (AvgIpc) is 3.04. The second-order valence-corrected chi connectivity index (χ2v) is 5.72. The number of nitrogens with zero attached hydrogens (tertiary/aromatic N) is 3. The highest BCUT2D eigenvalue weighted by Gasteiger charge is 2.32. The molecular formula is C17H19FN4O2. The van der Waals surface area contributed by atoms with Crippen LogP contribution >= 0.6 is 0 Å². The lowest BCUT2D eigenvalue weighted by molar-refractivity contribution is -0.136. The summed E-state index contributed by atoms with van der Waals surface area (Å²) in [4.78, 5) is 22.4. The van der Waals surface area contributed by atoms with E-state index in [0.29, 0.717) is 23.4 Å². The van der Waals surface area contributed by atoms with Gasteiger partial charge in [-0.05, 0) is 30.5 Å². The minimum Gasteiger partial charge on any atom is -0.375 e. The molecule has 2 heterocycles. The van der Waals surface area contributed by atoms with E-state index in [-0.39, 0.29) is 30.3 Å². The molecule has 1 amide bonds. The van der Waals surface area contributed by atoms with Crippen molar-refractivity contribution in [2.45, 2.75) is 18.9 Å². The maximum atomic E-state index is 13.6. The highest BCUT2D eigenvalue weighted by molar-refractivity contribution is 5.79. The summed E-state index contributed by atoms with van der Waals surface area (Å²) in [6.45, 7) is 0.658. The number of ether oxygens (including phenoxy) is 1. The fourth-order valence-corrected chi connectivity index (χ4v) is 3.10. The van der Waals surface area contributed by atoms with Crippen molar-refractivity contribution in [1.29, 1.82) is 0 Å². The standard InChI is InChI=1S/C17H19FN4O2/c1-24-10-15(23)22-7-3-6-14(22)16-13(9-20-17(19)21-16)11-4-2-5-12(18)8-11/h2,4-5,8-9,14H,3,6-7,10H2,1H3,(H2,19,20,21). The summed E-state index contributed by atoms with van der Waals surface area (Å²) in [5.41, 5.74) is 7.76. The second-order valence-electron chi connectivity index (χ2n) is 5.72. The summed E-state index contributed by atoms with van der Waals surface area (Å²) in [7, 11) is 1.49. The molecule has 7 heteroatoms. The molecule has 1 aromatic heterocycles. The van der Waals surface area contributed by atoms with E-state index >= 15 is 0 Å². The van der Waals surface area contributed by atoms with E-state index in [0.717, 1.165) is 12.8 Å². The first-order chi connectivity index (χ1) is 11.6. The third kappa shape index (κ3) is 3.21. The van der Waals surface area contributed by atoms with E-state index < -0.39 is 0 Å². The summed E-state index contributed by atoms with van der Waals surface area (Å²) in [5.74, 6) is -0.299. The first-order valence-electron chi connectivity index (χ1n) is 7.77. The van der Waals surface area contributed by atoms with Crippen LogP contribution in [0, 0.1) is 5.82 Å². The third-order valence-electron chi connectivity index (χ3n) is 4.13. The number of hydrogen-bond donors (Lipinski definition) is 1. The van der Waals surface area contributed by atoms with Gasteiger partial charge in [-0.1, -0.05) is 12.1 Å². The van der Waals surface area contributed by atoms with Crippen LogP contribution in [0.3, 0.4) is 0 Å². The van der Waals surface area contributed by atoms with E-state index in [4.69, 9.17) is 10.5 Å². The number of rotatable bonds is 4. The Morgan fingerprint density at radius 1 is 1.50 bits per heavy atom. The van der Waals surface area contributed by atoms with E-state index in [2.05, 4.69) is 9.97 Å². The predicted octanol–water partition coefficient (Wildman–Crippen LogP) is 2.17. The van der Waals surface area contributed by atoms with Gasteiger partial charge < -0.3 is 15.4 Å². The smallest absolute Gasteiger partial charge is 0.249 e. The molecule has 0 bridgehead atoms. The topological polar surface area (TPSA) is 81.3 Å². The highest BCUT2D eigenvalue weighted by atomic mass is 19.1. The fourth-order valence-electron chi connectivity index (χ4n) is 3.10. The van der Waals surface area contributed by atoms with Crippen LogP contribution in [0.2, 0.25) is 0 Å². The molecule has 2 aromatic rings. The molecule has 0 saturated carbocycles. The number of amides is 1. The molecule has 1 aromatic carbocycles. The van der Waals surface area contributed by atoms with Crippen LogP contribution in [0.1, 0.15) is 24.6 Å². The van der Waals surface area contributed by atoms with Crippen LogP contribution < -0.4 is 5.73 Å². The van der Waals surface area contributed by atoms with Gasteiger partial charge in [0, 0.05) is 25.4 Å². The Labute approximate surface area is 139 Å². The number of nitrogen functional groups attached to an aromatic ring is 1. The van der Waals surface area contributed by atoms with Gasteiger partial charge in [0.15, 0.2) is 0 Å². The fraction of sp³-hybridized carbons (Fsp3) is 0.353. The Balaban J connectivity index is 2.03. The number of carbonyl (C=O) groups excluding carboxylic acids is 1. The van der Waals surface area contributed by atoms with Crippen molar-refractivity contribution in [3.8, 4) is 11.1 Å². The zero-order valence-electron chi connectivity index (χ0n) is 13.4. The summed E-state index contributed by atoms with van der Waals surface area (Å²) >= 11 is 0. The van der Waals surface area contributed by atoms with Gasteiger partial charge in [-0.15, -0.1) is 0 Å². The maximum Gasteiger partial charge on any atom is 0.249 e. The quantitative estimate of drug-likeness (QED) is 0.929. The molecule has 1 aliphatic rings. The second kappa shape index (κ2) is 6.92. The Hall–Kier alpha value is -2.54. The molecule has 2 N–H and O–H groups in total. The first-order valence-corrected chi connectivity index (χ1v) is 7.77. The Kier molecular flexibility index (Phi) is 4.71. The van der Waals surface area contributed by atoms with Crippen LogP contribution in [-0.2, 0) is 9.53 Å². The lowest BCUT2D eigenvalue weighted by Gasteiger charge is -2.25. The van der Waals surface area contributed by atoms with Gasteiger partial charge in [-0.2, -0.15) is 0 Å². The van der Waals surface area contributed by atoms with Crippen LogP contribution in [0.15, 0.2) is 30.5 Å². The van der Waals surface area contributed by atoms with Crippen LogP contribution in [0.25, 0.3) is 11.1 Å². The number of carbonyl (C=O) groups is 1. The number of nitrogens with two attached hydrogens (primary N) is 1. The van der Waals surface area contributed by atoms with Crippen LogP contribution in [-0.4, -0.2) is 41.0 Å². The number of anilines is 1. The van der Waals surface area contributed by atoms with Crippen LogP contribution in [0.4, 0.5) is 10.3 Å². The molecule has 1 atom stereocenters. The minimum atomic E-state index is -0.339. The number of halogens is 1. The van der Waals surface area contributed by atoms with Gasteiger partial charge in [0.1, 0.15) is 12.4 Å². The van der Waals surface area contributed by atoms with Crippen molar-refractivity contribution in [2.75, 3.05) is 26.0 Å². The number of likely N-dealkylation sites (tertiary alicyclic amines) is 1. The van der Waals surface area contributed by atoms with Gasteiger partial charge in [0.05, 0.1) is 11.7 Å². The average molecular weight is 330 g/mol. The van der Waals surface area contributed by atoms with Gasteiger partial charge in [-0.25, -0.2) is 14.4 Å². The van der Waals surface area contributed by atoms with Gasteiger partial charge in [0.2, 0.25) is 11.9 Å². The van der Waals surface area contributed by atoms with Crippen LogP contribution in [0.5, 0.6) is 0 Å². The maximum absolute atomic E-state index is 13.6. The lowest BCUT2D eigenvalue weighted by atomic mass is 9.99. The van der Waals surface area contributed by atoms with Gasteiger partial charge >= 0.3 is 0 Å². The molecule has 1 unspecified atom stereocenters. The Morgan fingerprint density at radius 3 is 3.08 bits per heavy atom. The minimum absolute atomic E-state index is 0.0202. The summed E-state index contributed by atoms with van der Waals surface area (Å²) in [5, 5.41) is 0. The number of methoxy groups -OCH3 is 1. The van der Waals surface area contributed by atoms with Gasteiger partial charge in [0.25, 0.3) is 0 Å². The van der Waals surface area contributed by atoms with E-state index in [9.17, 15) is 9.18 Å². The normalized spacial score (nSPS) is 17.2. The van der Waals surface area contributed by atoms with Gasteiger partial charge in [-0.3, -0.25) is 4.79 Å². The summed E-state index contributed by atoms with van der Waals surface area (Å²) < 4.78 is 18.6. The van der Waals surface area contributed by atoms with Crippen molar-refractivity contribution in [3.05, 3.63) is 42.0 Å². The van der Waals surface area contributed by atoms with Crippen molar-refractivity contribution in [3.63, 3.8) is 0 Å². The summed E-state index contributed by atoms with van der Waals surface area (Å²) in [6.07, 6.45) is 3.23. The van der Waals surface area contributed by atoms with E-state index in [1.54, 1.807) is 23.2 Å². The van der Waals surface area contributed by atoms with Crippen molar-refractivity contribution in [2.24, 2.45) is 0 Å². The Bertz CT molecular complexity index is 753. The molecule has 1 aliphatic heterocycles. The molecule has 0 aliphatic carbocycles. The lowest BCUT2D eigenvalue weighted by Crippen LogP contribution is -2.34. The largest absolute Gasteiger partial charge is 0.375 e. The molecule has 0 radical (unpaired) electrons. The number of aromatic nitrogens is 2. The summed E-state index contributed by atoms with van der Waals surface area (Å²) in [6, 6.07) is 6.02. The SMILES string of the molecule is COCC(=O)N1CCCC1c1nc(N)ncc1-c1cccc(F)c1. The highest BCUT2D eigenvalue weighted by Crippen LogP contribution is 2.36. The molecule has 6 nitrogen and oxygen atoms in total. The molecule has 1 fully saturated rings. The zero-order chi connectivity index (χ0) is 17.1. The molecular weight excluding hydrogens is 311 g/mol. The molecule has 24 heavy (non-hydrogen) atoms. The number of hydrogen-bond acceptors (Lipinski definition) is 5. The molecule has 126 valence electrons.